The lowest BCUT2D eigenvalue weighted by Crippen LogP contribution is -2.31. The molecule has 94 valence electrons. The highest BCUT2D eigenvalue weighted by atomic mass is 35.5. The molecule has 0 heterocycles. The van der Waals surface area contributed by atoms with Crippen LogP contribution in [0.1, 0.15) is 12.5 Å². The van der Waals surface area contributed by atoms with Crippen molar-refractivity contribution in [3.8, 4) is 0 Å². The quantitative estimate of drug-likeness (QED) is 0.821. The highest BCUT2D eigenvalue weighted by molar-refractivity contribution is 6.36. The van der Waals surface area contributed by atoms with E-state index in [0.29, 0.717) is 24.8 Å². The van der Waals surface area contributed by atoms with Gasteiger partial charge in [0.15, 0.2) is 0 Å². The van der Waals surface area contributed by atoms with E-state index in [9.17, 15) is 0 Å². The van der Waals surface area contributed by atoms with Crippen molar-refractivity contribution in [3.63, 3.8) is 0 Å². The lowest BCUT2D eigenvalue weighted by molar-refractivity contribution is 0.104. The lowest BCUT2D eigenvalue weighted by Gasteiger charge is -2.13. The summed E-state index contributed by atoms with van der Waals surface area (Å²) in [5, 5.41) is 3.81. The summed E-state index contributed by atoms with van der Waals surface area (Å²) in [6.45, 7) is 3.89. The zero-order valence-electron chi connectivity index (χ0n) is 9.83. The van der Waals surface area contributed by atoms with Crippen LogP contribution in [0, 0.1) is 0 Å². The number of hydrogen-bond donors (Lipinski definition) is 1. The molecule has 4 heteroatoms. The second kappa shape index (κ2) is 8.54. The van der Waals surface area contributed by atoms with Crippen molar-refractivity contribution in [3.05, 3.63) is 46.5 Å². The van der Waals surface area contributed by atoms with Crippen molar-refractivity contribution in [1.29, 1.82) is 0 Å². The minimum Gasteiger partial charge on any atom is -0.375 e. The summed E-state index contributed by atoms with van der Waals surface area (Å²) in [5.41, 5.74) is 2.55. The molecule has 0 fully saturated rings. The third-order valence-electron chi connectivity index (χ3n) is 2.22. The molecule has 1 atom stereocenters. The maximum absolute atomic E-state index is 5.77. The zero-order valence-corrected chi connectivity index (χ0v) is 11.3. The minimum atomic E-state index is 0.240. The normalized spacial score (nSPS) is 13.7. The summed E-state index contributed by atoms with van der Waals surface area (Å²) in [6, 6.07) is 10.3. The van der Waals surface area contributed by atoms with Crippen molar-refractivity contribution < 1.29 is 4.74 Å². The molecular weight excluding hydrogens is 257 g/mol. The van der Waals surface area contributed by atoms with E-state index in [4.69, 9.17) is 27.9 Å². The van der Waals surface area contributed by atoms with Crippen LogP contribution in [0.15, 0.2) is 40.9 Å². The fraction of sp³-hybridized carbons (Fsp3) is 0.385. The van der Waals surface area contributed by atoms with E-state index < -0.39 is 0 Å². The van der Waals surface area contributed by atoms with E-state index in [1.807, 2.05) is 37.3 Å². The van der Waals surface area contributed by atoms with Crippen LogP contribution in [0.3, 0.4) is 0 Å². The first-order chi connectivity index (χ1) is 8.22. The van der Waals surface area contributed by atoms with Gasteiger partial charge in [0.1, 0.15) is 0 Å². The number of halogens is 2. The smallest absolute Gasteiger partial charge is 0.0717 e. The third-order valence-corrected chi connectivity index (χ3v) is 2.84. The molecule has 0 aliphatic heterocycles. The first-order valence-electron chi connectivity index (χ1n) is 5.52. The Morgan fingerprint density at radius 3 is 2.76 bits per heavy atom. The summed E-state index contributed by atoms with van der Waals surface area (Å²) in [5.74, 6) is 0. The Bertz CT molecular complexity index is 341. The van der Waals surface area contributed by atoms with E-state index in [-0.39, 0.29) is 6.04 Å². The molecule has 0 bridgehead atoms. The fourth-order valence-electron chi connectivity index (χ4n) is 1.30. The van der Waals surface area contributed by atoms with Gasteiger partial charge < -0.3 is 10.1 Å². The number of benzene rings is 1. The predicted molar refractivity (Wildman–Crippen MR) is 73.4 cm³/mol. The number of rotatable bonds is 7. The average Bonchev–Trinajstić information content (AvgIpc) is 2.37. The molecule has 2 nitrogen and oxygen atoms in total. The van der Waals surface area contributed by atoms with Crippen LogP contribution in [0.4, 0.5) is 0 Å². The molecule has 1 aromatic rings. The van der Waals surface area contributed by atoms with E-state index in [2.05, 4.69) is 5.32 Å². The van der Waals surface area contributed by atoms with Crippen LogP contribution in [0.25, 0.3) is 0 Å². The Kier molecular flexibility index (Phi) is 7.29. The van der Waals surface area contributed by atoms with Crippen LogP contribution in [-0.2, 0) is 11.3 Å². The molecule has 0 spiro atoms. The molecule has 1 aromatic carbocycles. The van der Waals surface area contributed by atoms with Crippen molar-refractivity contribution >= 4 is 23.2 Å². The van der Waals surface area contributed by atoms with Crippen LogP contribution in [0.2, 0.25) is 0 Å². The average molecular weight is 274 g/mol. The summed E-state index contributed by atoms with van der Waals surface area (Å²) < 4.78 is 5.59. The summed E-state index contributed by atoms with van der Waals surface area (Å²) >= 11 is 11.2. The monoisotopic (exact) mass is 273 g/mol. The Hall–Kier alpha value is -0.540. The van der Waals surface area contributed by atoms with Crippen LogP contribution < -0.4 is 5.32 Å². The van der Waals surface area contributed by atoms with Gasteiger partial charge in [-0.2, -0.15) is 0 Å². The van der Waals surface area contributed by atoms with Gasteiger partial charge in [-0.1, -0.05) is 53.5 Å². The summed E-state index contributed by atoms with van der Waals surface area (Å²) in [7, 11) is 0. The van der Waals surface area contributed by atoms with Gasteiger partial charge in [-0.05, 0) is 12.5 Å². The first-order valence-corrected chi connectivity index (χ1v) is 6.33. The van der Waals surface area contributed by atoms with Gasteiger partial charge in [0.25, 0.3) is 0 Å². The molecule has 0 radical (unpaired) electrons. The van der Waals surface area contributed by atoms with Crippen molar-refractivity contribution in [2.45, 2.75) is 19.6 Å². The number of hydrogen-bond acceptors (Lipinski definition) is 2. The zero-order chi connectivity index (χ0) is 12.5. The van der Waals surface area contributed by atoms with Crippen LogP contribution in [0.5, 0.6) is 0 Å². The van der Waals surface area contributed by atoms with Gasteiger partial charge in [-0.25, -0.2) is 0 Å². The van der Waals surface area contributed by atoms with Crippen molar-refractivity contribution in [2.24, 2.45) is 0 Å². The van der Waals surface area contributed by atoms with Crippen molar-refractivity contribution in [1.82, 2.24) is 5.32 Å². The topological polar surface area (TPSA) is 21.3 Å². The standard InChI is InChI=1S/C13H17Cl2NO/c1-11(16-8-13(15)7-14)9-17-10-12-5-3-2-4-6-12/h2-7,11,16H,8-10H2,1H3/b13-7-. The molecule has 0 aliphatic carbocycles. The van der Waals surface area contributed by atoms with Gasteiger partial charge in [-0.15, -0.1) is 0 Å². The molecular formula is C13H17Cl2NO. The fourth-order valence-corrected chi connectivity index (χ4v) is 1.45. The van der Waals surface area contributed by atoms with Crippen LogP contribution in [-0.4, -0.2) is 19.2 Å². The molecule has 0 aromatic heterocycles. The van der Waals surface area contributed by atoms with Crippen LogP contribution >= 0.6 is 23.2 Å². The lowest BCUT2D eigenvalue weighted by atomic mass is 10.2. The Morgan fingerprint density at radius 2 is 2.12 bits per heavy atom. The second-order valence-corrected chi connectivity index (χ2v) is 4.54. The van der Waals surface area contributed by atoms with E-state index in [0.717, 1.165) is 0 Å². The number of ether oxygens (including phenoxy) is 1. The van der Waals surface area contributed by atoms with Gasteiger partial charge in [0.05, 0.1) is 13.2 Å². The highest BCUT2D eigenvalue weighted by Crippen LogP contribution is 2.03. The molecule has 0 amide bonds. The second-order valence-electron chi connectivity index (χ2n) is 3.84. The largest absolute Gasteiger partial charge is 0.375 e. The molecule has 0 aliphatic rings. The molecule has 17 heavy (non-hydrogen) atoms. The molecule has 0 saturated carbocycles. The first kappa shape index (κ1) is 14.5. The third kappa shape index (κ3) is 6.69. The Morgan fingerprint density at radius 1 is 1.41 bits per heavy atom. The van der Waals surface area contributed by atoms with Gasteiger partial charge in [-0.3, -0.25) is 0 Å². The van der Waals surface area contributed by atoms with Gasteiger partial charge >= 0.3 is 0 Å². The van der Waals surface area contributed by atoms with E-state index >= 15 is 0 Å². The number of nitrogens with one attached hydrogen (secondary N) is 1. The van der Waals surface area contributed by atoms with Gasteiger partial charge in [0, 0.05) is 23.2 Å². The predicted octanol–water partition coefficient (Wildman–Crippen LogP) is 3.50. The molecule has 1 unspecified atom stereocenters. The Balaban J connectivity index is 2.14. The van der Waals surface area contributed by atoms with Crippen molar-refractivity contribution in [2.75, 3.05) is 13.2 Å². The maximum Gasteiger partial charge on any atom is 0.0717 e. The van der Waals surface area contributed by atoms with E-state index in [1.165, 1.54) is 11.1 Å². The van der Waals surface area contributed by atoms with E-state index in [1.54, 1.807) is 0 Å². The maximum atomic E-state index is 5.77. The minimum absolute atomic E-state index is 0.240. The molecule has 0 saturated heterocycles. The highest BCUT2D eigenvalue weighted by Gasteiger charge is 2.02. The molecule has 1 N–H and O–H groups in total. The molecule has 1 rings (SSSR count). The SMILES string of the molecule is CC(COCc1ccccc1)NC/C(Cl)=C/Cl. The summed E-state index contributed by atoms with van der Waals surface area (Å²) in [6.07, 6.45) is 0. The van der Waals surface area contributed by atoms with Gasteiger partial charge in [0.2, 0.25) is 0 Å². The summed E-state index contributed by atoms with van der Waals surface area (Å²) in [4.78, 5) is 0. The Labute approximate surface area is 113 Å².